The number of nitrogens with one attached hydrogen (secondary N) is 1. The summed E-state index contributed by atoms with van der Waals surface area (Å²) >= 11 is 1.65. The first-order valence-electron chi connectivity index (χ1n) is 6.36. The molecule has 100 valence electrons. The van der Waals surface area contributed by atoms with Gasteiger partial charge in [0.05, 0.1) is 15.7 Å². The average Bonchev–Trinajstić information content (AvgIpc) is 2.87. The highest BCUT2D eigenvalue weighted by Gasteiger charge is 2.20. The molecule has 1 fully saturated rings. The van der Waals surface area contributed by atoms with Crippen molar-refractivity contribution in [1.29, 1.82) is 0 Å². The number of primary amides is 1. The summed E-state index contributed by atoms with van der Waals surface area (Å²) in [7, 11) is 0. The summed E-state index contributed by atoms with van der Waals surface area (Å²) in [5.74, 6) is 0. The molecule has 1 aromatic carbocycles. The fourth-order valence-corrected chi connectivity index (χ4v) is 3.14. The van der Waals surface area contributed by atoms with Crippen LogP contribution in [0.15, 0.2) is 23.7 Å². The van der Waals surface area contributed by atoms with E-state index in [0.717, 1.165) is 37.1 Å². The molecule has 1 aliphatic heterocycles. The molecular weight excluding hydrogens is 260 g/mol. The number of carbonyl (C=O) groups excluding carboxylic acids is 1. The van der Waals surface area contributed by atoms with Gasteiger partial charge < -0.3 is 16.0 Å². The first-order chi connectivity index (χ1) is 9.22. The number of hydrogen-bond acceptors (Lipinski definition) is 4. The van der Waals surface area contributed by atoms with Gasteiger partial charge in [-0.15, -0.1) is 11.3 Å². The molecule has 19 heavy (non-hydrogen) atoms. The lowest BCUT2D eigenvalue weighted by Crippen LogP contribution is -2.44. The molecule has 2 aromatic rings. The van der Waals surface area contributed by atoms with Gasteiger partial charge in [-0.3, -0.25) is 0 Å². The van der Waals surface area contributed by atoms with Crippen molar-refractivity contribution in [3.63, 3.8) is 0 Å². The quantitative estimate of drug-likeness (QED) is 0.883. The number of nitrogens with two attached hydrogens (primary N) is 1. The number of anilines is 1. The number of likely N-dealkylation sites (tertiary alicyclic amines) is 1. The fraction of sp³-hybridized carbons (Fsp3) is 0.385. The van der Waals surface area contributed by atoms with Crippen molar-refractivity contribution in [2.24, 2.45) is 5.73 Å². The molecule has 0 saturated carbocycles. The number of fused-ring (bicyclic) bond motifs is 1. The average molecular weight is 276 g/mol. The molecule has 6 heteroatoms. The third-order valence-corrected chi connectivity index (χ3v) is 4.30. The van der Waals surface area contributed by atoms with Crippen LogP contribution in [0, 0.1) is 0 Å². The van der Waals surface area contributed by atoms with E-state index < -0.39 is 0 Å². The van der Waals surface area contributed by atoms with E-state index in [1.54, 1.807) is 16.2 Å². The number of benzene rings is 1. The Hall–Kier alpha value is -1.82. The molecular formula is C13H16N4OS. The Morgan fingerprint density at radius 2 is 2.21 bits per heavy atom. The highest BCUT2D eigenvalue weighted by atomic mass is 32.1. The summed E-state index contributed by atoms with van der Waals surface area (Å²) in [6.07, 6.45) is 1.87. The maximum absolute atomic E-state index is 11.1. The molecule has 1 saturated heterocycles. The van der Waals surface area contributed by atoms with Crippen LogP contribution in [-0.2, 0) is 0 Å². The van der Waals surface area contributed by atoms with Gasteiger partial charge in [-0.1, -0.05) is 0 Å². The number of piperidine rings is 1. The van der Waals surface area contributed by atoms with Crippen LogP contribution >= 0.6 is 11.3 Å². The van der Waals surface area contributed by atoms with E-state index in [4.69, 9.17) is 5.73 Å². The van der Waals surface area contributed by atoms with Crippen LogP contribution in [0.4, 0.5) is 10.5 Å². The molecule has 1 aromatic heterocycles. The molecule has 0 aliphatic carbocycles. The highest BCUT2D eigenvalue weighted by Crippen LogP contribution is 2.23. The molecule has 0 radical (unpaired) electrons. The van der Waals surface area contributed by atoms with Crippen LogP contribution in [0.1, 0.15) is 12.8 Å². The minimum Gasteiger partial charge on any atom is -0.382 e. The maximum atomic E-state index is 11.1. The lowest BCUT2D eigenvalue weighted by Gasteiger charge is -2.31. The number of thiazole rings is 1. The molecule has 5 nitrogen and oxygen atoms in total. The van der Waals surface area contributed by atoms with E-state index in [1.807, 2.05) is 11.6 Å². The van der Waals surface area contributed by atoms with E-state index >= 15 is 0 Å². The number of urea groups is 1. The number of hydrogen-bond donors (Lipinski definition) is 2. The third kappa shape index (κ3) is 2.63. The fourth-order valence-electron chi connectivity index (χ4n) is 2.42. The van der Waals surface area contributed by atoms with Gasteiger partial charge in [0, 0.05) is 24.8 Å². The number of amides is 2. The Labute approximate surface area is 115 Å². The Balaban J connectivity index is 1.64. The van der Waals surface area contributed by atoms with Crippen molar-refractivity contribution < 1.29 is 4.79 Å². The van der Waals surface area contributed by atoms with E-state index in [2.05, 4.69) is 22.4 Å². The molecule has 2 amide bonds. The number of carbonyl (C=O) groups is 1. The van der Waals surface area contributed by atoms with Gasteiger partial charge in [-0.2, -0.15) is 0 Å². The lowest BCUT2D eigenvalue weighted by atomic mass is 10.0. The summed E-state index contributed by atoms with van der Waals surface area (Å²) in [6, 6.07) is 6.31. The third-order valence-electron chi connectivity index (χ3n) is 3.51. The largest absolute Gasteiger partial charge is 0.382 e. The topological polar surface area (TPSA) is 71.2 Å². The predicted octanol–water partition coefficient (Wildman–Crippen LogP) is 2.25. The van der Waals surface area contributed by atoms with Gasteiger partial charge in [0.15, 0.2) is 0 Å². The van der Waals surface area contributed by atoms with Crippen molar-refractivity contribution in [2.75, 3.05) is 18.4 Å². The number of nitrogens with zero attached hydrogens (tertiary/aromatic N) is 2. The molecule has 3 rings (SSSR count). The Kier molecular flexibility index (Phi) is 3.25. The second-order valence-electron chi connectivity index (χ2n) is 4.78. The van der Waals surface area contributed by atoms with E-state index in [0.29, 0.717) is 6.04 Å². The normalized spacial score (nSPS) is 16.7. The Morgan fingerprint density at radius 3 is 2.95 bits per heavy atom. The van der Waals surface area contributed by atoms with Gasteiger partial charge in [-0.25, -0.2) is 9.78 Å². The molecule has 0 bridgehead atoms. The summed E-state index contributed by atoms with van der Waals surface area (Å²) in [5.41, 5.74) is 9.30. The number of rotatable bonds is 2. The molecule has 2 heterocycles. The van der Waals surface area contributed by atoms with Crippen LogP contribution in [0.2, 0.25) is 0 Å². The van der Waals surface area contributed by atoms with Crippen molar-refractivity contribution in [3.8, 4) is 0 Å². The summed E-state index contributed by atoms with van der Waals surface area (Å²) in [4.78, 5) is 17.0. The van der Waals surface area contributed by atoms with E-state index in [1.165, 1.54) is 4.70 Å². The van der Waals surface area contributed by atoms with E-state index in [9.17, 15) is 4.79 Å². The van der Waals surface area contributed by atoms with Crippen molar-refractivity contribution in [3.05, 3.63) is 23.7 Å². The van der Waals surface area contributed by atoms with Crippen LogP contribution in [0.25, 0.3) is 10.2 Å². The van der Waals surface area contributed by atoms with Gasteiger partial charge in [-0.05, 0) is 31.0 Å². The van der Waals surface area contributed by atoms with Crippen LogP contribution in [0.5, 0.6) is 0 Å². The first-order valence-corrected chi connectivity index (χ1v) is 7.24. The zero-order valence-electron chi connectivity index (χ0n) is 10.5. The summed E-state index contributed by atoms with van der Waals surface area (Å²) in [5, 5.41) is 3.52. The molecule has 1 aliphatic rings. The SMILES string of the molecule is NC(=O)N1CCC(Nc2ccc3ncsc3c2)CC1. The predicted molar refractivity (Wildman–Crippen MR) is 77.4 cm³/mol. The van der Waals surface area contributed by atoms with Gasteiger partial charge >= 0.3 is 6.03 Å². The zero-order chi connectivity index (χ0) is 13.2. The molecule has 0 unspecified atom stereocenters. The molecule has 0 atom stereocenters. The second-order valence-corrected chi connectivity index (χ2v) is 5.67. The lowest BCUT2D eigenvalue weighted by molar-refractivity contribution is 0.193. The van der Waals surface area contributed by atoms with Crippen LogP contribution in [-0.4, -0.2) is 35.0 Å². The monoisotopic (exact) mass is 276 g/mol. The molecule has 0 spiro atoms. The Bertz CT molecular complexity index is 589. The Morgan fingerprint density at radius 1 is 1.42 bits per heavy atom. The smallest absolute Gasteiger partial charge is 0.314 e. The van der Waals surface area contributed by atoms with Crippen molar-refractivity contribution >= 4 is 33.3 Å². The highest BCUT2D eigenvalue weighted by molar-refractivity contribution is 7.16. The standard InChI is InChI=1S/C13H16N4OS/c14-13(18)17-5-3-9(4-6-17)16-10-1-2-11-12(7-10)19-8-15-11/h1-2,7-9,16H,3-6H2,(H2,14,18). The van der Waals surface area contributed by atoms with Crippen LogP contribution in [0.3, 0.4) is 0 Å². The van der Waals surface area contributed by atoms with Gasteiger partial charge in [0.2, 0.25) is 0 Å². The molecule has 3 N–H and O–H groups in total. The summed E-state index contributed by atoms with van der Waals surface area (Å²) in [6.45, 7) is 1.46. The second kappa shape index (κ2) is 5.05. The van der Waals surface area contributed by atoms with Gasteiger partial charge in [0.25, 0.3) is 0 Å². The zero-order valence-corrected chi connectivity index (χ0v) is 11.3. The van der Waals surface area contributed by atoms with Crippen molar-refractivity contribution in [2.45, 2.75) is 18.9 Å². The minimum atomic E-state index is -0.315. The van der Waals surface area contributed by atoms with Crippen molar-refractivity contribution in [1.82, 2.24) is 9.88 Å². The maximum Gasteiger partial charge on any atom is 0.314 e. The van der Waals surface area contributed by atoms with E-state index in [-0.39, 0.29) is 6.03 Å². The first kappa shape index (κ1) is 12.2. The van der Waals surface area contributed by atoms with Crippen LogP contribution < -0.4 is 11.1 Å². The summed E-state index contributed by atoms with van der Waals surface area (Å²) < 4.78 is 1.19. The van der Waals surface area contributed by atoms with Gasteiger partial charge in [0.1, 0.15) is 0 Å². The number of aromatic nitrogens is 1. The minimum absolute atomic E-state index is 0.315.